The highest BCUT2D eigenvalue weighted by Gasteiger charge is 2.55. The molecule has 4 bridgehead atoms. The largest absolute Gasteiger partial charge is 0.388 e. The van der Waals surface area contributed by atoms with E-state index in [-0.39, 0.29) is 24.8 Å². The molecule has 4 aliphatic rings. The summed E-state index contributed by atoms with van der Waals surface area (Å²) in [6, 6.07) is 0.337. The summed E-state index contributed by atoms with van der Waals surface area (Å²) in [6.07, 6.45) is 13.1. The predicted octanol–water partition coefficient (Wildman–Crippen LogP) is 4.64. The second-order valence-corrected chi connectivity index (χ2v) is 9.22. The summed E-state index contributed by atoms with van der Waals surface area (Å²) in [5, 5.41) is 18.3. The first-order valence-corrected chi connectivity index (χ1v) is 10.4. The normalized spacial score (nSPS) is 34.0. The first kappa shape index (κ1) is 25.0. The monoisotopic (exact) mass is 418 g/mol. The van der Waals surface area contributed by atoms with Gasteiger partial charge in [0.2, 0.25) is 0 Å². The van der Waals surface area contributed by atoms with E-state index in [1.165, 1.54) is 30.4 Å². The molecule has 0 aliphatic heterocycles. The fourth-order valence-corrected chi connectivity index (χ4v) is 5.71. The van der Waals surface area contributed by atoms with Crippen molar-refractivity contribution in [3.63, 3.8) is 0 Å². The van der Waals surface area contributed by atoms with Crippen molar-refractivity contribution in [2.75, 3.05) is 19.6 Å². The van der Waals surface area contributed by atoms with E-state index < -0.39 is 5.60 Å². The minimum atomic E-state index is -0.407. The van der Waals surface area contributed by atoms with Crippen LogP contribution in [0.5, 0.6) is 0 Å². The smallest absolute Gasteiger partial charge is 0.0808 e. The summed E-state index contributed by atoms with van der Waals surface area (Å²) in [5.41, 5.74) is 2.47. The molecule has 4 rings (SSSR count). The van der Waals surface area contributed by atoms with E-state index in [0.29, 0.717) is 12.0 Å². The number of hydrogen-bond donors (Lipinski definition) is 3. The van der Waals surface area contributed by atoms with Crippen LogP contribution in [0.25, 0.3) is 0 Å². The average molecular weight is 419 g/mol. The zero-order valence-corrected chi connectivity index (χ0v) is 18.9. The van der Waals surface area contributed by atoms with Gasteiger partial charge in [0.25, 0.3) is 0 Å². The Morgan fingerprint density at radius 2 is 1.67 bits per heavy atom. The molecular weight excluding hydrogens is 379 g/mol. The Morgan fingerprint density at radius 3 is 2.26 bits per heavy atom. The molecule has 3 atom stereocenters. The fraction of sp³-hybridized carbons (Fsp3) is 0.818. The maximum atomic E-state index is 11.1. The van der Waals surface area contributed by atoms with Crippen LogP contribution in [-0.2, 0) is 0 Å². The molecule has 5 heteroatoms. The molecule has 0 aromatic rings. The van der Waals surface area contributed by atoms with Crippen molar-refractivity contribution in [3.8, 4) is 0 Å². The molecule has 4 fully saturated rings. The van der Waals surface area contributed by atoms with E-state index in [1.54, 1.807) is 0 Å². The molecule has 0 saturated heterocycles. The van der Waals surface area contributed by atoms with Crippen LogP contribution in [0.1, 0.15) is 65.7 Å². The van der Waals surface area contributed by atoms with Crippen LogP contribution in [0.15, 0.2) is 23.3 Å². The minimum Gasteiger partial charge on any atom is -0.388 e. The summed E-state index contributed by atoms with van der Waals surface area (Å²) in [7, 11) is 0. The van der Waals surface area contributed by atoms with Gasteiger partial charge in [-0.05, 0) is 83.5 Å². The van der Waals surface area contributed by atoms with Crippen molar-refractivity contribution >= 4 is 24.8 Å². The Kier molecular flexibility index (Phi) is 10.4. The van der Waals surface area contributed by atoms with Crippen LogP contribution < -0.4 is 10.6 Å². The lowest BCUT2D eigenvalue weighted by Gasteiger charge is -2.59. The van der Waals surface area contributed by atoms with Crippen LogP contribution in [0, 0.1) is 17.8 Å². The Labute approximate surface area is 178 Å². The maximum Gasteiger partial charge on any atom is 0.0808 e. The van der Waals surface area contributed by atoms with Gasteiger partial charge in [-0.2, -0.15) is 0 Å². The maximum absolute atomic E-state index is 11.1. The highest BCUT2D eigenvalue weighted by molar-refractivity contribution is 5.85. The van der Waals surface area contributed by atoms with Crippen molar-refractivity contribution < 1.29 is 5.11 Å². The Morgan fingerprint density at radius 1 is 1.00 bits per heavy atom. The lowest BCUT2D eigenvalue weighted by molar-refractivity contribution is -0.149. The summed E-state index contributed by atoms with van der Waals surface area (Å²) >= 11 is 0. The van der Waals surface area contributed by atoms with E-state index in [1.807, 2.05) is 0 Å². The molecule has 3 unspecified atom stereocenters. The molecule has 0 amide bonds. The standard InChI is InChI=1S/C22H38N2O.2ClH/c1-16(2)5-4-6-17(3)7-8-23-9-10-24-21-20-12-18-11-19(13-20)15-22(21,25)14-18;;/h5,7,18-21,23-25H,4,6,8-15H2,1-3H3;2*1H/b17-7+;;. The summed E-state index contributed by atoms with van der Waals surface area (Å²) in [6.45, 7) is 9.43. The molecule has 0 aromatic heterocycles. The van der Waals surface area contributed by atoms with Crippen molar-refractivity contribution in [1.29, 1.82) is 0 Å². The lowest BCUT2D eigenvalue weighted by atomic mass is 9.52. The first-order valence-electron chi connectivity index (χ1n) is 10.4. The first-order chi connectivity index (χ1) is 12.0. The van der Waals surface area contributed by atoms with Gasteiger partial charge in [-0.1, -0.05) is 23.3 Å². The van der Waals surface area contributed by atoms with Crippen LogP contribution in [0.4, 0.5) is 0 Å². The van der Waals surface area contributed by atoms with E-state index in [2.05, 4.69) is 43.6 Å². The molecule has 4 saturated carbocycles. The van der Waals surface area contributed by atoms with Gasteiger partial charge in [-0.3, -0.25) is 0 Å². The third kappa shape index (κ3) is 6.75. The molecule has 3 N–H and O–H groups in total. The second kappa shape index (κ2) is 11.2. The van der Waals surface area contributed by atoms with E-state index >= 15 is 0 Å². The molecule has 4 aliphatic carbocycles. The average Bonchev–Trinajstić information content (AvgIpc) is 2.51. The molecule has 3 nitrogen and oxygen atoms in total. The van der Waals surface area contributed by atoms with Gasteiger partial charge in [-0.25, -0.2) is 0 Å². The van der Waals surface area contributed by atoms with E-state index in [4.69, 9.17) is 0 Å². The fourth-order valence-electron chi connectivity index (χ4n) is 5.71. The zero-order chi connectivity index (χ0) is 17.9. The number of hydrogen-bond acceptors (Lipinski definition) is 3. The van der Waals surface area contributed by atoms with Crippen molar-refractivity contribution in [2.45, 2.75) is 77.4 Å². The third-order valence-electron chi connectivity index (χ3n) is 6.63. The van der Waals surface area contributed by atoms with Gasteiger partial charge >= 0.3 is 0 Å². The van der Waals surface area contributed by atoms with E-state index in [9.17, 15) is 5.11 Å². The number of nitrogens with one attached hydrogen (secondary N) is 2. The van der Waals surface area contributed by atoms with Crippen LogP contribution in [-0.4, -0.2) is 36.4 Å². The van der Waals surface area contributed by atoms with Crippen molar-refractivity contribution in [1.82, 2.24) is 10.6 Å². The van der Waals surface area contributed by atoms with Crippen LogP contribution >= 0.6 is 24.8 Å². The number of aliphatic hydroxyl groups is 1. The SMILES string of the molecule is CC(C)=CCC/C(C)=C/CNCCNC1C2CC3CC(C2)CC1(O)C3.Cl.Cl. The lowest BCUT2D eigenvalue weighted by Crippen LogP contribution is -2.65. The number of allylic oxidation sites excluding steroid dienone is 3. The van der Waals surface area contributed by atoms with Gasteiger partial charge in [0, 0.05) is 25.7 Å². The molecule has 0 radical (unpaired) electrons. The van der Waals surface area contributed by atoms with Gasteiger partial charge in [0.05, 0.1) is 5.60 Å². The Balaban J connectivity index is 0.00000182. The second-order valence-electron chi connectivity index (χ2n) is 9.22. The topological polar surface area (TPSA) is 44.3 Å². The molecule has 27 heavy (non-hydrogen) atoms. The highest BCUT2D eigenvalue weighted by Crippen LogP contribution is 2.55. The number of rotatable bonds is 9. The van der Waals surface area contributed by atoms with Crippen LogP contribution in [0.3, 0.4) is 0 Å². The van der Waals surface area contributed by atoms with Crippen molar-refractivity contribution in [2.24, 2.45) is 17.8 Å². The summed E-state index contributed by atoms with van der Waals surface area (Å²) < 4.78 is 0. The highest BCUT2D eigenvalue weighted by atomic mass is 35.5. The van der Waals surface area contributed by atoms with Gasteiger partial charge in [0.1, 0.15) is 0 Å². The molecule has 0 heterocycles. The Bertz CT molecular complexity index is 502. The quantitative estimate of drug-likeness (QED) is 0.377. The van der Waals surface area contributed by atoms with Gasteiger partial charge in [0.15, 0.2) is 0 Å². The molecule has 0 spiro atoms. The van der Waals surface area contributed by atoms with Gasteiger partial charge in [-0.15, -0.1) is 24.8 Å². The van der Waals surface area contributed by atoms with Crippen molar-refractivity contribution in [3.05, 3.63) is 23.3 Å². The molecule has 0 aromatic carbocycles. The van der Waals surface area contributed by atoms with Gasteiger partial charge < -0.3 is 15.7 Å². The minimum absolute atomic E-state index is 0. The summed E-state index contributed by atoms with van der Waals surface area (Å²) in [5.74, 6) is 2.32. The number of halogens is 2. The third-order valence-corrected chi connectivity index (χ3v) is 6.63. The summed E-state index contributed by atoms with van der Waals surface area (Å²) in [4.78, 5) is 0. The zero-order valence-electron chi connectivity index (χ0n) is 17.3. The predicted molar refractivity (Wildman–Crippen MR) is 120 cm³/mol. The molecule has 158 valence electrons. The van der Waals surface area contributed by atoms with E-state index in [0.717, 1.165) is 57.2 Å². The molecular formula is C22H40Cl2N2O. The Hall–Kier alpha value is -0.0600. The van der Waals surface area contributed by atoms with Crippen LogP contribution in [0.2, 0.25) is 0 Å².